The van der Waals surface area contributed by atoms with Gasteiger partial charge in [0.2, 0.25) is 0 Å². The van der Waals surface area contributed by atoms with Gasteiger partial charge < -0.3 is 12.3 Å². The Morgan fingerprint density at radius 1 is 0.558 bits per heavy atom. The summed E-state index contributed by atoms with van der Waals surface area (Å²) in [6.45, 7) is 7.69. The molecule has 0 bridgehead atoms. The summed E-state index contributed by atoms with van der Waals surface area (Å²) < 4.78 is 104. The van der Waals surface area contributed by atoms with Gasteiger partial charge in [-0.05, 0) is 85.1 Å². The molecule has 0 N–H and O–H groups in total. The van der Waals surface area contributed by atoms with Gasteiger partial charge in [-0.25, -0.2) is 0 Å². The molecule has 15 heteroatoms. The Balaban J connectivity index is 2.90. The molecule has 0 saturated heterocycles. The molecule has 0 aliphatic heterocycles. The highest BCUT2D eigenvalue weighted by atomic mass is 32.1. The average molecular weight is 719 g/mol. The molecule has 0 heterocycles. The first-order chi connectivity index (χ1) is 19.9. The van der Waals surface area contributed by atoms with Crippen molar-refractivity contribution in [3.63, 3.8) is 0 Å². The summed E-state index contributed by atoms with van der Waals surface area (Å²) in [5.74, 6) is 1.15. The minimum Gasteiger partial charge on any atom is -0.436 e. The molecule has 0 saturated carbocycles. The van der Waals surface area contributed by atoms with Crippen molar-refractivity contribution in [2.24, 2.45) is 0 Å². The Morgan fingerprint density at radius 2 is 0.930 bits per heavy atom. The van der Waals surface area contributed by atoms with Gasteiger partial charge >= 0.3 is 29.5 Å². The molecular formula is C28H44F6O3S2Si4. The molecule has 2 rings (SSSR count). The van der Waals surface area contributed by atoms with Crippen LogP contribution < -0.4 is 10.4 Å². The third-order valence-electron chi connectivity index (χ3n) is 6.97. The van der Waals surface area contributed by atoms with Crippen molar-refractivity contribution < 1.29 is 38.7 Å². The molecule has 0 unspecified atom stereocenters. The molecule has 3 nitrogen and oxygen atoms in total. The standard InChI is InChI=1S/C28H44F6O3S2Si4/c1-40(2,21-11-19-38)35-42(23-17-27(29,30)31,24-18-28(32,33)34)37-43(25-13-7-5-8-14-25,26-15-9-6-10-16-26)36-41(3,4)22-12-20-39/h5-10,13-16,38-39H,11-12,17-24H2,1-4H3. The van der Waals surface area contributed by atoms with E-state index in [1.807, 2.05) is 26.2 Å². The number of hydrogen-bond donors (Lipinski definition) is 2. The molecular weight excluding hydrogens is 675 g/mol. The van der Waals surface area contributed by atoms with Crippen LogP contribution in [0.25, 0.3) is 0 Å². The van der Waals surface area contributed by atoms with E-state index in [0.29, 0.717) is 40.4 Å². The molecule has 43 heavy (non-hydrogen) atoms. The van der Waals surface area contributed by atoms with Crippen molar-refractivity contribution >= 4 is 69.4 Å². The monoisotopic (exact) mass is 718 g/mol. The minimum absolute atomic E-state index is 0.529. The van der Waals surface area contributed by atoms with E-state index in [-0.39, 0.29) is 0 Å². The summed E-state index contributed by atoms with van der Waals surface area (Å²) in [6.07, 6.45) is -10.4. The predicted octanol–water partition coefficient (Wildman–Crippen LogP) is 8.69. The summed E-state index contributed by atoms with van der Waals surface area (Å²) in [6, 6.07) is 17.9. The lowest BCUT2D eigenvalue weighted by atomic mass is 10.4. The highest BCUT2D eigenvalue weighted by Gasteiger charge is 2.57. The summed E-state index contributed by atoms with van der Waals surface area (Å²) in [5, 5.41) is 1.25. The first kappa shape index (κ1) is 38.6. The van der Waals surface area contributed by atoms with Gasteiger partial charge in [0.15, 0.2) is 16.6 Å². The minimum atomic E-state index is -4.61. The van der Waals surface area contributed by atoms with Crippen molar-refractivity contribution in [3.8, 4) is 0 Å². The van der Waals surface area contributed by atoms with E-state index in [2.05, 4.69) is 25.3 Å². The summed E-state index contributed by atoms with van der Waals surface area (Å²) in [4.78, 5) is 0. The SMILES string of the molecule is C[Si](C)(CCCS)O[Si](CCC(F)(F)F)(CCC(F)(F)F)O[Si](O[Si](C)(C)CCCS)(c1ccccc1)c1ccccc1. The number of hydrogen-bond acceptors (Lipinski definition) is 5. The fraction of sp³-hybridized carbons (Fsp3) is 0.571. The second kappa shape index (κ2) is 16.3. The Bertz CT molecular complexity index is 1040. The van der Waals surface area contributed by atoms with Crippen LogP contribution in [0.1, 0.15) is 25.7 Å². The summed E-state index contributed by atoms with van der Waals surface area (Å²) in [7, 11) is -13.7. The number of thiol groups is 2. The van der Waals surface area contributed by atoms with Crippen molar-refractivity contribution in [1.82, 2.24) is 0 Å². The molecule has 0 amide bonds. The van der Waals surface area contributed by atoms with Crippen molar-refractivity contribution in [1.29, 1.82) is 0 Å². The lowest BCUT2D eigenvalue weighted by Gasteiger charge is -2.47. The fourth-order valence-corrected chi connectivity index (χ4v) is 25.8. The molecule has 0 aliphatic rings. The first-order valence-corrected chi connectivity index (χ1v) is 26.0. The van der Waals surface area contributed by atoms with Gasteiger partial charge in [0.25, 0.3) is 0 Å². The number of rotatable bonds is 18. The smallest absolute Gasteiger partial charge is 0.389 e. The maximum absolute atomic E-state index is 13.9. The zero-order valence-electron chi connectivity index (χ0n) is 25.2. The second-order valence-corrected chi connectivity index (χ2v) is 28.6. The van der Waals surface area contributed by atoms with E-state index in [1.165, 1.54) is 0 Å². The zero-order chi connectivity index (χ0) is 32.4. The third kappa shape index (κ3) is 13.4. The molecule has 0 aliphatic carbocycles. The summed E-state index contributed by atoms with van der Waals surface area (Å²) >= 11 is 8.63. The molecule has 2 aromatic rings. The topological polar surface area (TPSA) is 27.7 Å². The van der Waals surface area contributed by atoms with Crippen LogP contribution in [-0.2, 0) is 12.3 Å². The first-order valence-electron chi connectivity index (χ1n) is 14.4. The van der Waals surface area contributed by atoms with E-state index >= 15 is 0 Å². The van der Waals surface area contributed by atoms with Crippen molar-refractivity contribution in [2.75, 3.05) is 11.5 Å². The summed E-state index contributed by atoms with van der Waals surface area (Å²) in [5.41, 5.74) is 0. The number of alkyl halides is 6. The second-order valence-electron chi connectivity index (χ2n) is 12.0. The van der Waals surface area contributed by atoms with Gasteiger partial charge in [-0.2, -0.15) is 51.6 Å². The third-order valence-corrected chi connectivity index (χ3v) is 24.6. The number of halogens is 6. The lowest BCUT2D eigenvalue weighted by Crippen LogP contribution is -2.72. The van der Waals surface area contributed by atoms with Crippen LogP contribution in [0.4, 0.5) is 26.3 Å². The Hall–Kier alpha value is -0.532. The normalized spacial score (nSPS) is 13.9. The largest absolute Gasteiger partial charge is 0.436 e. The molecule has 2 aromatic carbocycles. The lowest BCUT2D eigenvalue weighted by molar-refractivity contribution is -0.133. The van der Waals surface area contributed by atoms with Gasteiger partial charge in [0.05, 0.1) is 0 Å². The van der Waals surface area contributed by atoms with Crippen LogP contribution in [0, 0.1) is 0 Å². The van der Waals surface area contributed by atoms with Crippen LogP contribution >= 0.6 is 25.3 Å². The predicted molar refractivity (Wildman–Crippen MR) is 179 cm³/mol. The zero-order valence-corrected chi connectivity index (χ0v) is 31.0. The van der Waals surface area contributed by atoms with Crippen LogP contribution in [0.15, 0.2) is 60.7 Å². The van der Waals surface area contributed by atoms with Crippen LogP contribution in [0.5, 0.6) is 0 Å². The Morgan fingerprint density at radius 3 is 1.28 bits per heavy atom. The molecule has 0 aromatic heterocycles. The van der Waals surface area contributed by atoms with Crippen LogP contribution in [0.3, 0.4) is 0 Å². The quantitative estimate of drug-likeness (QED) is 0.0918. The fourth-order valence-electron chi connectivity index (χ4n) is 5.02. The van der Waals surface area contributed by atoms with E-state index in [9.17, 15) is 26.3 Å². The van der Waals surface area contributed by atoms with E-state index in [1.54, 1.807) is 60.7 Å². The van der Waals surface area contributed by atoms with E-state index < -0.39 is 71.0 Å². The average Bonchev–Trinajstić information content (AvgIpc) is 2.92. The van der Waals surface area contributed by atoms with Gasteiger partial charge in [-0.3, -0.25) is 0 Å². The molecule has 0 fully saturated rings. The van der Waals surface area contributed by atoms with Gasteiger partial charge in [0.1, 0.15) is 0 Å². The maximum Gasteiger partial charge on any atom is 0.389 e. The van der Waals surface area contributed by atoms with E-state index in [4.69, 9.17) is 12.3 Å². The highest BCUT2D eigenvalue weighted by Crippen LogP contribution is 2.39. The van der Waals surface area contributed by atoms with Gasteiger partial charge in [-0.1, -0.05) is 60.7 Å². The maximum atomic E-state index is 13.9. The highest BCUT2D eigenvalue weighted by molar-refractivity contribution is 7.80. The van der Waals surface area contributed by atoms with E-state index in [0.717, 1.165) is 6.42 Å². The Labute approximate surface area is 267 Å². The van der Waals surface area contributed by atoms with Crippen LogP contribution in [-0.4, -0.2) is 57.6 Å². The molecule has 0 atom stereocenters. The number of benzene rings is 2. The molecule has 0 radical (unpaired) electrons. The molecule has 244 valence electrons. The van der Waals surface area contributed by atoms with Crippen LogP contribution in [0.2, 0.25) is 50.4 Å². The van der Waals surface area contributed by atoms with Crippen molar-refractivity contribution in [3.05, 3.63) is 60.7 Å². The van der Waals surface area contributed by atoms with Gasteiger partial charge in [-0.15, -0.1) is 0 Å². The molecule has 0 spiro atoms. The van der Waals surface area contributed by atoms with Crippen molar-refractivity contribution in [2.45, 2.75) is 88.4 Å². The Kier molecular flexibility index (Phi) is 14.7. The van der Waals surface area contributed by atoms with Gasteiger partial charge in [0, 0.05) is 12.8 Å².